The van der Waals surface area contributed by atoms with Gasteiger partial charge in [-0.05, 0) is 56.9 Å². The fourth-order valence-corrected chi connectivity index (χ4v) is 3.47. The van der Waals surface area contributed by atoms with Crippen molar-refractivity contribution in [2.75, 3.05) is 11.9 Å². The largest absolute Gasteiger partial charge is 0.416 e. The number of hydrogen-bond acceptors (Lipinski definition) is 4. The summed E-state index contributed by atoms with van der Waals surface area (Å²) in [4.78, 5) is 23.4. The average molecular weight is 392 g/mol. The van der Waals surface area contributed by atoms with Crippen molar-refractivity contribution in [2.45, 2.75) is 51.7 Å². The van der Waals surface area contributed by atoms with Gasteiger partial charge < -0.3 is 10.2 Å². The Bertz CT molecular complexity index is 836. The van der Waals surface area contributed by atoms with Crippen molar-refractivity contribution >= 4 is 17.4 Å². The van der Waals surface area contributed by atoms with Crippen molar-refractivity contribution in [3.05, 3.63) is 47.4 Å². The van der Waals surface area contributed by atoms with Crippen LogP contribution in [0.15, 0.2) is 30.3 Å². The van der Waals surface area contributed by atoms with Crippen molar-refractivity contribution in [3.63, 3.8) is 0 Å². The van der Waals surface area contributed by atoms with Crippen LogP contribution in [0, 0.1) is 6.92 Å². The Kier molecular flexibility index (Phi) is 5.86. The van der Waals surface area contributed by atoms with Gasteiger partial charge in [0.2, 0.25) is 0 Å². The SMILES string of the molecule is CCC1CCCCN1C(=O)c1cc(Nc2ccc(C(F)(F)F)cc2)nc(C)n1. The number of carbonyl (C=O) groups is 1. The Morgan fingerprint density at radius 2 is 1.93 bits per heavy atom. The summed E-state index contributed by atoms with van der Waals surface area (Å²) >= 11 is 0. The van der Waals surface area contributed by atoms with E-state index in [2.05, 4.69) is 22.2 Å². The van der Waals surface area contributed by atoms with Crippen LogP contribution in [0.3, 0.4) is 0 Å². The second-order valence-electron chi connectivity index (χ2n) is 6.94. The minimum absolute atomic E-state index is 0.132. The van der Waals surface area contributed by atoms with Crippen molar-refractivity contribution < 1.29 is 18.0 Å². The molecule has 28 heavy (non-hydrogen) atoms. The molecule has 1 amide bonds. The highest BCUT2D eigenvalue weighted by molar-refractivity contribution is 5.93. The van der Waals surface area contributed by atoms with Crippen LogP contribution in [0.5, 0.6) is 0 Å². The number of amides is 1. The average Bonchev–Trinajstić information content (AvgIpc) is 2.66. The normalized spacial score (nSPS) is 17.5. The van der Waals surface area contributed by atoms with Crippen LogP contribution in [0.25, 0.3) is 0 Å². The molecular weight excluding hydrogens is 369 g/mol. The Morgan fingerprint density at radius 1 is 1.21 bits per heavy atom. The highest BCUT2D eigenvalue weighted by Crippen LogP contribution is 2.30. The number of aryl methyl sites for hydroxylation is 1. The van der Waals surface area contributed by atoms with Crippen molar-refractivity contribution in [2.24, 2.45) is 0 Å². The summed E-state index contributed by atoms with van der Waals surface area (Å²) in [5.74, 6) is 0.665. The molecule has 0 radical (unpaired) electrons. The Balaban J connectivity index is 1.80. The molecule has 150 valence electrons. The van der Waals surface area contributed by atoms with E-state index < -0.39 is 11.7 Å². The number of anilines is 2. The summed E-state index contributed by atoms with van der Waals surface area (Å²) in [5, 5.41) is 2.96. The number of aromatic nitrogens is 2. The molecule has 1 atom stereocenters. The zero-order chi connectivity index (χ0) is 20.3. The molecule has 0 aliphatic carbocycles. The van der Waals surface area contributed by atoms with Gasteiger partial charge in [0.05, 0.1) is 5.56 Å². The van der Waals surface area contributed by atoms with Crippen LogP contribution in [0.4, 0.5) is 24.7 Å². The van der Waals surface area contributed by atoms with Crippen LogP contribution < -0.4 is 5.32 Å². The number of rotatable bonds is 4. The lowest BCUT2D eigenvalue weighted by Gasteiger charge is -2.35. The lowest BCUT2D eigenvalue weighted by atomic mass is 9.99. The van der Waals surface area contributed by atoms with Gasteiger partial charge in [0, 0.05) is 24.3 Å². The standard InChI is InChI=1S/C20H23F3N4O/c1-3-16-6-4-5-11-27(16)19(28)17-12-18(25-13(2)24-17)26-15-9-7-14(8-10-15)20(21,22)23/h7-10,12,16H,3-6,11H2,1-2H3,(H,24,25,26). The van der Waals surface area contributed by atoms with Gasteiger partial charge in [0.15, 0.2) is 0 Å². The molecule has 1 saturated heterocycles. The summed E-state index contributed by atoms with van der Waals surface area (Å²) in [6, 6.07) is 6.43. The molecule has 8 heteroatoms. The van der Waals surface area contributed by atoms with Gasteiger partial charge in [-0.25, -0.2) is 9.97 Å². The van der Waals surface area contributed by atoms with E-state index in [0.717, 1.165) is 37.8 Å². The maximum atomic E-state index is 13.0. The second-order valence-corrected chi connectivity index (χ2v) is 6.94. The first-order valence-electron chi connectivity index (χ1n) is 9.39. The maximum Gasteiger partial charge on any atom is 0.416 e. The minimum atomic E-state index is -4.38. The Morgan fingerprint density at radius 3 is 2.57 bits per heavy atom. The molecule has 2 aromatic rings. The molecule has 5 nitrogen and oxygen atoms in total. The molecule has 2 heterocycles. The van der Waals surface area contributed by atoms with E-state index in [-0.39, 0.29) is 11.9 Å². The van der Waals surface area contributed by atoms with E-state index in [1.54, 1.807) is 13.0 Å². The molecule has 3 rings (SSSR count). The van der Waals surface area contributed by atoms with E-state index in [1.165, 1.54) is 12.1 Å². The number of hydrogen-bond donors (Lipinski definition) is 1. The topological polar surface area (TPSA) is 58.1 Å². The maximum absolute atomic E-state index is 13.0. The third-order valence-corrected chi connectivity index (χ3v) is 4.90. The van der Waals surface area contributed by atoms with E-state index in [1.807, 2.05) is 4.90 Å². The lowest BCUT2D eigenvalue weighted by molar-refractivity contribution is -0.137. The smallest absolute Gasteiger partial charge is 0.340 e. The fraction of sp³-hybridized carbons (Fsp3) is 0.450. The first kappa shape index (κ1) is 20.1. The molecule has 1 unspecified atom stereocenters. The van der Waals surface area contributed by atoms with E-state index in [0.29, 0.717) is 29.6 Å². The van der Waals surface area contributed by atoms with Crippen LogP contribution in [-0.2, 0) is 6.18 Å². The first-order chi connectivity index (χ1) is 13.3. The van der Waals surface area contributed by atoms with Crippen molar-refractivity contribution in [1.29, 1.82) is 0 Å². The van der Waals surface area contributed by atoms with E-state index in [4.69, 9.17) is 0 Å². The highest BCUT2D eigenvalue weighted by atomic mass is 19.4. The fourth-order valence-electron chi connectivity index (χ4n) is 3.47. The monoisotopic (exact) mass is 392 g/mol. The number of nitrogens with zero attached hydrogens (tertiary/aromatic N) is 3. The van der Waals surface area contributed by atoms with Gasteiger partial charge in [-0.1, -0.05) is 6.92 Å². The number of nitrogens with one attached hydrogen (secondary N) is 1. The van der Waals surface area contributed by atoms with Crippen LogP contribution in [0.2, 0.25) is 0 Å². The zero-order valence-corrected chi connectivity index (χ0v) is 15.9. The quantitative estimate of drug-likeness (QED) is 0.800. The predicted octanol–water partition coefficient (Wildman–Crippen LogP) is 4.95. The predicted molar refractivity (Wildman–Crippen MR) is 100 cm³/mol. The molecule has 1 N–H and O–H groups in total. The van der Waals surface area contributed by atoms with Gasteiger partial charge in [0.1, 0.15) is 17.3 Å². The van der Waals surface area contributed by atoms with Crippen LogP contribution in [-0.4, -0.2) is 33.4 Å². The third-order valence-electron chi connectivity index (χ3n) is 4.90. The number of benzene rings is 1. The lowest BCUT2D eigenvalue weighted by Crippen LogP contribution is -2.43. The number of likely N-dealkylation sites (tertiary alicyclic amines) is 1. The molecule has 1 aliphatic heterocycles. The third kappa shape index (κ3) is 4.61. The van der Waals surface area contributed by atoms with Gasteiger partial charge in [0.25, 0.3) is 5.91 Å². The van der Waals surface area contributed by atoms with E-state index >= 15 is 0 Å². The number of piperidine rings is 1. The molecule has 1 aromatic heterocycles. The van der Waals surface area contributed by atoms with Gasteiger partial charge in [-0.15, -0.1) is 0 Å². The molecule has 0 spiro atoms. The van der Waals surface area contributed by atoms with Crippen molar-refractivity contribution in [3.8, 4) is 0 Å². The molecule has 1 fully saturated rings. The number of alkyl halides is 3. The van der Waals surface area contributed by atoms with Crippen LogP contribution in [0.1, 0.15) is 54.5 Å². The summed E-state index contributed by atoms with van der Waals surface area (Å²) < 4.78 is 38.1. The zero-order valence-electron chi connectivity index (χ0n) is 15.9. The summed E-state index contributed by atoms with van der Waals surface area (Å²) in [6.07, 6.45) is -0.405. The van der Waals surface area contributed by atoms with Gasteiger partial charge in [-0.3, -0.25) is 4.79 Å². The Labute approximate surface area is 162 Å². The first-order valence-corrected chi connectivity index (χ1v) is 9.39. The minimum Gasteiger partial charge on any atom is -0.340 e. The molecular formula is C20H23F3N4O. The summed E-state index contributed by atoms with van der Waals surface area (Å²) in [6.45, 7) is 4.46. The summed E-state index contributed by atoms with van der Waals surface area (Å²) in [5.41, 5.74) is 0.0275. The van der Waals surface area contributed by atoms with Gasteiger partial charge in [-0.2, -0.15) is 13.2 Å². The number of halogens is 3. The highest BCUT2D eigenvalue weighted by Gasteiger charge is 2.30. The van der Waals surface area contributed by atoms with Crippen molar-refractivity contribution in [1.82, 2.24) is 14.9 Å². The molecule has 1 aromatic carbocycles. The molecule has 0 saturated carbocycles. The van der Waals surface area contributed by atoms with Crippen LogP contribution >= 0.6 is 0 Å². The second kappa shape index (κ2) is 8.16. The summed E-state index contributed by atoms with van der Waals surface area (Å²) in [7, 11) is 0. The van der Waals surface area contributed by atoms with Gasteiger partial charge >= 0.3 is 6.18 Å². The number of carbonyl (C=O) groups excluding carboxylic acids is 1. The molecule has 0 bridgehead atoms. The molecule has 1 aliphatic rings. The Hall–Kier alpha value is -2.64. The van der Waals surface area contributed by atoms with E-state index in [9.17, 15) is 18.0 Å².